The van der Waals surface area contributed by atoms with Gasteiger partial charge in [-0.05, 0) is 78.5 Å². The van der Waals surface area contributed by atoms with Gasteiger partial charge in [-0.2, -0.15) is 0 Å². The Bertz CT molecular complexity index is 1130. The Morgan fingerprint density at radius 1 is 0.850 bits per heavy atom. The molecule has 8 nitrogen and oxygen atoms in total. The smallest absolute Gasteiger partial charge is 0.410 e. The summed E-state index contributed by atoms with van der Waals surface area (Å²) >= 11 is 0. The molecule has 0 fully saturated rings. The van der Waals surface area contributed by atoms with Crippen molar-refractivity contribution in [1.82, 2.24) is 15.5 Å². The number of nitrogens with one attached hydrogen (secondary N) is 2. The van der Waals surface area contributed by atoms with Crippen molar-refractivity contribution in [3.8, 4) is 11.1 Å². The third-order valence-corrected chi connectivity index (χ3v) is 5.80. The third kappa shape index (κ3) is 11.6. The fourth-order valence-electron chi connectivity index (χ4n) is 3.83. The van der Waals surface area contributed by atoms with E-state index in [0.29, 0.717) is 50.1 Å². The minimum absolute atomic E-state index is 0.225. The molecular weight excluding hydrogens is 513 g/mol. The Hall–Kier alpha value is -3.62. The number of halogens is 1. The lowest BCUT2D eigenvalue weighted by molar-refractivity contribution is -0.122. The molecule has 0 radical (unpaired) electrons. The first kappa shape index (κ1) is 32.6. The highest BCUT2D eigenvalue weighted by atomic mass is 19.1. The van der Waals surface area contributed by atoms with Crippen LogP contribution in [0.4, 0.5) is 14.0 Å². The molecule has 9 heteroatoms. The monoisotopic (exact) mass is 557 g/mol. The molecule has 0 saturated carbocycles. The number of alkyl carbamates (subject to hydrolysis) is 1. The van der Waals surface area contributed by atoms with Gasteiger partial charge in [0.25, 0.3) is 0 Å². The summed E-state index contributed by atoms with van der Waals surface area (Å²) in [6.45, 7) is 13.9. The van der Waals surface area contributed by atoms with Crippen molar-refractivity contribution in [2.75, 3.05) is 26.2 Å². The molecule has 0 heterocycles. The molecule has 0 unspecified atom stereocenters. The first-order valence-electron chi connectivity index (χ1n) is 13.7. The van der Waals surface area contributed by atoms with E-state index in [1.165, 1.54) is 6.07 Å². The van der Waals surface area contributed by atoms with E-state index < -0.39 is 29.3 Å². The zero-order valence-corrected chi connectivity index (χ0v) is 24.8. The minimum Gasteiger partial charge on any atom is -0.444 e. The number of ether oxygens (including phenoxy) is 2. The van der Waals surface area contributed by atoms with Crippen molar-refractivity contribution >= 4 is 18.1 Å². The third-order valence-electron chi connectivity index (χ3n) is 5.80. The van der Waals surface area contributed by atoms with Crippen LogP contribution in [0.1, 0.15) is 72.8 Å². The summed E-state index contributed by atoms with van der Waals surface area (Å²) in [6, 6.07) is 14.1. The fourth-order valence-corrected chi connectivity index (χ4v) is 3.83. The Balaban J connectivity index is 1.87. The Kier molecular flexibility index (Phi) is 12.0. The molecule has 0 aliphatic carbocycles. The average molecular weight is 558 g/mol. The van der Waals surface area contributed by atoms with Crippen molar-refractivity contribution in [3.63, 3.8) is 0 Å². The van der Waals surface area contributed by atoms with Crippen LogP contribution in [0.3, 0.4) is 0 Å². The lowest BCUT2D eigenvalue weighted by atomic mass is 9.96. The largest absolute Gasteiger partial charge is 0.444 e. The predicted molar refractivity (Wildman–Crippen MR) is 155 cm³/mol. The number of rotatable bonds is 11. The quantitative estimate of drug-likeness (QED) is 0.318. The van der Waals surface area contributed by atoms with Gasteiger partial charge in [-0.3, -0.25) is 4.79 Å². The second kappa shape index (κ2) is 14.7. The van der Waals surface area contributed by atoms with E-state index >= 15 is 0 Å². The van der Waals surface area contributed by atoms with Gasteiger partial charge in [0.05, 0.1) is 5.92 Å². The number of amides is 3. The summed E-state index contributed by atoms with van der Waals surface area (Å²) in [5.41, 5.74) is 0.606. The second-order valence-electron chi connectivity index (χ2n) is 11.7. The molecule has 0 bridgehead atoms. The van der Waals surface area contributed by atoms with Crippen LogP contribution in [0.15, 0.2) is 48.5 Å². The van der Waals surface area contributed by atoms with E-state index in [4.69, 9.17) is 9.47 Å². The summed E-state index contributed by atoms with van der Waals surface area (Å²) in [6.07, 6.45) is 0.0338. The second-order valence-corrected chi connectivity index (χ2v) is 11.7. The van der Waals surface area contributed by atoms with Gasteiger partial charge in [-0.25, -0.2) is 14.0 Å². The van der Waals surface area contributed by atoms with Gasteiger partial charge in [-0.1, -0.05) is 42.5 Å². The summed E-state index contributed by atoms with van der Waals surface area (Å²) in [7, 11) is 0. The lowest BCUT2D eigenvalue weighted by Gasteiger charge is -2.27. The molecule has 2 N–H and O–H groups in total. The summed E-state index contributed by atoms with van der Waals surface area (Å²) < 4.78 is 25.5. The number of benzene rings is 2. The zero-order chi connectivity index (χ0) is 29.9. The van der Waals surface area contributed by atoms with Crippen LogP contribution in [0.2, 0.25) is 0 Å². The van der Waals surface area contributed by atoms with Crippen molar-refractivity contribution in [3.05, 3.63) is 59.9 Å². The van der Waals surface area contributed by atoms with Gasteiger partial charge >= 0.3 is 12.2 Å². The molecule has 1 atom stereocenters. The molecule has 40 heavy (non-hydrogen) atoms. The van der Waals surface area contributed by atoms with Crippen molar-refractivity contribution < 1.29 is 28.2 Å². The molecule has 3 amide bonds. The lowest BCUT2D eigenvalue weighted by Crippen LogP contribution is -2.40. The normalized spacial score (nSPS) is 12.3. The highest BCUT2D eigenvalue weighted by Gasteiger charge is 2.23. The van der Waals surface area contributed by atoms with Crippen LogP contribution < -0.4 is 10.6 Å². The van der Waals surface area contributed by atoms with E-state index in [0.717, 1.165) is 5.56 Å². The summed E-state index contributed by atoms with van der Waals surface area (Å²) in [5.74, 6) is -1.14. The molecule has 0 spiro atoms. The van der Waals surface area contributed by atoms with E-state index in [2.05, 4.69) is 10.6 Å². The van der Waals surface area contributed by atoms with Crippen LogP contribution in [0.25, 0.3) is 11.1 Å². The molecule has 2 aromatic rings. The number of carbonyl (C=O) groups is 3. The Morgan fingerprint density at radius 3 is 1.98 bits per heavy atom. The van der Waals surface area contributed by atoms with Gasteiger partial charge in [0.15, 0.2) is 0 Å². The standard InChI is InChI=1S/C31H44FN3O5/c1-22(24-15-16-25(26(32)21-24)23-13-9-8-10-14-23)27(36)33-17-11-19-35(29(38)40-31(5,6)7)20-12-18-34-28(37)39-30(2,3)4/h8-10,13-16,21-22H,11-12,17-20H2,1-7H3,(H,33,36)(H,34,37)/t22-/m1/s1. The van der Waals surface area contributed by atoms with Gasteiger partial charge in [0.2, 0.25) is 5.91 Å². The molecular formula is C31H44FN3O5. The summed E-state index contributed by atoms with van der Waals surface area (Å²) in [4.78, 5) is 38.9. The first-order valence-corrected chi connectivity index (χ1v) is 13.7. The minimum atomic E-state index is -0.654. The summed E-state index contributed by atoms with van der Waals surface area (Å²) in [5, 5.41) is 5.56. The number of carbonyl (C=O) groups excluding carboxylic acids is 3. The van der Waals surface area contributed by atoms with Crippen LogP contribution in [0, 0.1) is 5.82 Å². The van der Waals surface area contributed by atoms with Gasteiger partial charge in [0, 0.05) is 31.7 Å². The van der Waals surface area contributed by atoms with E-state index in [-0.39, 0.29) is 11.7 Å². The first-order chi connectivity index (χ1) is 18.7. The number of hydrogen-bond donors (Lipinski definition) is 2. The Labute approximate surface area is 237 Å². The highest BCUT2D eigenvalue weighted by molar-refractivity contribution is 5.83. The average Bonchev–Trinajstić information content (AvgIpc) is 2.85. The van der Waals surface area contributed by atoms with E-state index in [9.17, 15) is 18.8 Å². The zero-order valence-electron chi connectivity index (χ0n) is 24.8. The van der Waals surface area contributed by atoms with Crippen molar-refractivity contribution in [2.24, 2.45) is 0 Å². The van der Waals surface area contributed by atoms with Crippen LogP contribution in [0.5, 0.6) is 0 Å². The molecule has 0 aliphatic rings. The highest BCUT2D eigenvalue weighted by Crippen LogP contribution is 2.26. The van der Waals surface area contributed by atoms with Crippen molar-refractivity contribution in [2.45, 2.75) is 78.4 Å². The molecule has 0 aliphatic heterocycles. The van der Waals surface area contributed by atoms with Crippen LogP contribution in [-0.2, 0) is 14.3 Å². The molecule has 2 rings (SSSR count). The number of nitrogens with zero attached hydrogens (tertiary/aromatic N) is 1. The number of hydrogen-bond acceptors (Lipinski definition) is 5. The van der Waals surface area contributed by atoms with Crippen LogP contribution >= 0.6 is 0 Å². The molecule has 2 aromatic carbocycles. The molecule has 0 aromatic heterocycles. The maximum Gasteiger partial charge on any atom is 0.410 e. The topological polar surface area (TPSA) is 97.0 Å². The van der Waals surface area contributed by atoms with Crippen molar-refractivity contribution in [1.29, 1.82) is 0 Å². The van der Waals surface area contributed by atoms with E-state index in [1.54, 1.807) is 65.5 Å². The van der Waals surface area contributed by atoms with Gasteiger partial charge in [-0.15, -0.1) is 0 Å². The maximum atomic E-state index is 14.8. The van der Waals surface area contributed by atoms with Gasteiger partial charge < -0.3 is 25.0 Å². The van der Waals surface area contributed by atoms with Gasteiger partial charge in [0.1, 0.15) is 17.0 Å². The van der Waals surface area contributed by atoms with E-state index in [1.807, 2.05) is 30.3 Å². The van der Waals surface area contributed by atoms with Crippen LogP contribution in [-0.4, -0.2) is 60.4 Å². The predicted octanol–water partition coefficient (Wildman–Crippen LogP) is 6.25. The SMILES string of the molecule is C[C@@H](C(=O)NCCCN(CCCNC(=O)OC(C)(C)C)C(=O)OC(C)(C)C)c1ccc(-c2ccccc2)c(F)c1. The maximum absolute atomic E-state index is 14.8. The Morgan fingerprint density at radius 2 is 1.43 bits per heavy atom. The fraction of sp³-hybridized carbons (Fsp3) is 0.516. The molecule has 220 valence electrons. The molecule has 0 saturated heterocycles.